The van der Waals surface area contributed by atoms with Crippen molar-refractivity contribution in [2.45, 2.75) is 6.54 Å². The third-order valence-corrected chi connectivity index (χ3v) is 4.01. The molecule has 0 atom stereocenters. The third-order valence-electron chi connectivity index (χ3n) is 4.01. The zero-order valence-corrected chi connectivity index (χ0v) is 13.7. The van der Waals surface area contributed by atoms with E-state index < -0.39 is 11.8 Å². The summed E-state index contributed by atoms with van der Waals surface area (Å²) in [5, 5.41) is 2.72. The molecule has 1 heterocycles. The Kier molecular flexibility index (Phi) is 5.09. The molecule has 1 N–H and O–H groups in total. The van der Waals surface area contributed by atoms with Gasteiger partial charge in [0, 0.05) is 25.3 Å². The SMILES string of the molecule is O=C(CN1CCN(Cc2ccccc2)C(=O)C1=O)Nc1ccccc1. The van der Waals surface area contributed by atoms with Crippen LogP contribution in [0, 0.1) is 0 Å². The molecule has 6 nitrogen and oxygen atoms in total. The van der Waals surface area contributed by atoms with Gasteiger partial charge in [0.2, 0.25) is 5.91 Å². The minimum absolute atomic E-state index is 0.126. The minimum Gasteiger partial charge on any atom is -0.328 e. The van der Waals surface area contributed by atoms with Crippen LogP contribution in [0.2, 0.25) is 0 Å². The standard InChI is InChI=1S/C19H19N3O3/c23-17(20-16-9-5-2-6-10-16)14-22-12-11-21(18(24)19(22)25)13-15-7-3-1-4-8-15/h1-10H,11-14H2,(H,20,23). The summed E-state index contributed by atoms with van der Waals surface area (Å²) in [5.41, 5.74) is 1.63. The molecule has 1 fully saturated rings. The van der Waals surface area contributed by atoms with E-state index in [-0.39, 0.29) is 12.5 Å². The molecule has 1 saturated heterocycles. The topological polar surface area (TPSA) is 69.7 Å². The van der Waals surface area contributed by atoms with Crippen LogP contribution in [0.5, 0.6) is 0 Å². The number of benzene rings is 2. The lowest BCUT2D eigenvalue weighted by Gasteiger charge is -2.33. The van der Waals surface area contributed by atoms with Gasteiger partial charge in [-0.05, 0) is 17.7 Å². The van der Waals surface area contributed by atoms with E-state index in [1.165, 1.54) is 9.80 Å². The first-order valence-corrected chi connectivity index (χ1v) is 8.10. The van der Waals surface area contributed by atoms with E-state index in [1.807, 2.05) is 48.5 Å². The van der Waals surface area contributed by atoms with Crippen molar-refractivity contribution in [2.24, 2.45) is 0 Å². The number of para-hydroxylation sites is 1. The number of anilines is 1. The number of nitrogens with zero attached hydrogens (tertiary/aromatic N) is 2. The second kappa shape index (κ2) is 7.61. The fraction of sp³-hybridized carbons (Fsp3) is 0.211. The van der Waals surface area contributed by atoms with Gasteiger partial charge in [0.05, 0.1) is 0 Å². The predicted octanol–water partition coefficient (Wildman–Crippen LogP) is 1.50. The van der Waals surface area contributed by atoms with Crippen LogP contribution in [0.25, 0.3) is 0 Å². The van der Waals surface area contributed by atoms with Gasteiger partial charge in [-0.1, -0.05) is 48.5 Å². The van der Waals surface area contributed by atoms with E-state index >= 15 is 0 Å². The Hall–Kier alpha value is -3.15. The average Bonchev–Trinajstić information content (AvgIpc) is 2.63. The zero-order chi connectivity index (χ0) is 17.6. The van der Waals surface area contributed by atoms with Crippen molar-refractivity contribution in [3.63, 3.8) is 0 Å². The summed E-state index contributed by atoms with van der Waals surface area (Å²) in [6.45, 7) is 1.03. The Balaban J connectivity index is 1.56. The van der Waals surface area contributed by atoms with Crippen molar-refractivity contribution in [1.82, 2.24) is 9.80 Å². The van der Waals surface area contributed by atoms with Crippen LogP contribution in [0.1, 0.15) is 5.56 Å². The van der Waals surface area contributed by atoms with Gasteiger partial charge in [-0.25, -0.2) is 0 Å². The van der Waals surface area contributed by atoms with Gasteiger partial charge < -0.3 is 15.1 Å². The fourth-order valence-electron chi connectivity index (χ4n) is 2.72. The highest BCUT2D eigenvalue weighted by Crippen LogP contribution is 2.11. The van der Waals surface area contributed by atoms with Crippen molar-refractivity contribution in [2.75, 3.05) is 25.0 Å². The fourth-order valence-corrected chi connectivity index (χ4v) is 2.72. The molecule has 2 aromatic carbocycles. The molecule has 0 radical (unpaired) electrons. The number of hydrogen-bond donors (Lipinski definition) is 1. The molecule has 128 valence electrons. The molecule has 0 unspecified atom stereocenters. The van der Waals surface area contributed by atoms with E-state index in [1.54, 1.807) is 12.1 Å². The quantitative estimate of drug-likeness (QED) is 0.841. The Bertz CT molecular complexity index is 762. The van der Waals surface area contributed by atoms with E-state index in [0.29, 0.717) is 25.3 Å². The van der Waals surface area contributed by atoms with Crippen LogP contribution in [0.3, 0.4) is 0 Å². The van der Waals surface area contributed by atoms with Crippen LogP contribution in [0.4, 0.5) is 5.69 Å². The molecule has 1 aliphatic heterocycles. The zero-order valence-electron chi connectivity index (χ0n) is 13.7. The number of amides is 3. The smallest absolute Gasteiger partial charge is 0.312 e. The lowest BCUT2D eigenvalue weighted by atomic mass is 10.2. The van der Waals surface area contributed by atoms with E-state index in [9.17, 15) is 14.4 Å². The lowest BCUT2D eigenvalue weighted by Crippen LogP contribution is -2.55. The second-order valence-electron chi connectivity index (χ2n) is 5.85. The molecule has 0 spiro atoms. The van der Waals surface area contributed by atoms with Gasteiger partial charge >= 0.3 is 11.8 Å². The highest BCUT2D eigenvalue weighted by Gasteiger charge is 2.33. The van der Waals surface area contributed by atoms with E-state index in [2.05, 4.69) is 5.32 Å². The van der Waals surface area contributed by atoms with Gasteiger partial charge in [0.15, 0.2) is 0 Å². The average molecular weight is 337 g/mol. The maximum Gasteiger partial charge on any atom is 0.312 e. The number of nitrogens with one attached hydrogen (secondary N) is 1. The van der Waals surface area contributed by atoms with Crippen molar-refractivity contribution in [1.29, 1.82) is 0 Å². The van der Waals surface area contributed by atoms with Crippen LogP contribution in [0.15, 0.2) is 60.7 Å². The first-order valence-electron chi connectivity index (χ1n) is 8.10. The Labute approximate surface area is 146 Å². The largest absolute Gasteiger partial charge is 0.328 e. The molecule has 0 aromatic heterocycles. The van der Waals surface area contributed by atoms with Gasteiger partial charge in [0.1, 0.15) is 6.54 Å². The van der Waals surface area contributed by atoms with Gasteiger partial charge in [-0.3, -0.25) is 14.4 Å². The van der Waals surface area contributed by atoms with E-state index in [4.69, 9.17) is 0 Å². The number of piperazine rings is 1. The van der Waals surface area contributed by atoms with Crippen molar-refractivity contribution < 1.29 is 14.4 Å². The van der Waals surface area contributed by atoms with Crippen molar-refractivity contribution in [3.8, 4) is 0 Å². The first-order chi connectivity index (χ1) is 12.1. The van der Waals surface area contributed by atoms with Crippen LogP contribution >= 0.6 is 0 Å². The molecule has 3 amide bonds. The number of rotatable bonds is 5. The van der Waals surface area contributed by atoms with Crippen LogP contribution in [-0.4, -0.2) is 47.2 Å². The highest BCUT2D eigenvalue weighted by molar-refractivity contribution is 6.35. The Morgan fingerprint density at radius 3 is 2.08 bits per heavy atom. The molecular formula is C19H19N3O3. The first kappa shape index (κ1) is 16.7. The van der Waals surface area contributed by atoms with Gasteiger partial charge in [-0.2, -0.15) is 0 Å². The monoisotopic (exact) mass is 337 g/mol. The lowest BCUT2D eigenvalue weighted by molar-refractivity contribution is -0.157. The van der Waals surface area contributed by atoms with Gasteiger partial charge in [0.25, 0.3) is 0 Å². The molecular weight excluding hydrogens is 318 g/mol. The number of carbonyl (C=O) groups is 3. The van der Waals surface area contributed by atoms with Crippen LogP contribution < -0.4 is 5.32 Å². The van der Waals surface area contributed by atoms with Crippen LogP contribution in [-0.2, 0) is 20.9 Å². The summed E-state index contributed by atoms with van der Waals surface area (Å²) < 4.78 is 0. The molecule has 1 aliphatic rings. The summed E-state index contributed by atoms with van der Waals surface area (Å²) >= 11 is 0. The molecule has 25 heavy (non-hydrogen) atoms. The normalized spacial score (nSPS) is 14.6. The molecule has 2 aromatic rings. The molecule has 0 aliphatic carbocycles. The molecule has 3 rings (SSSR count). The summed E-state index contributed by atoms with van der Waals surface area (Å²) in [5.74, 6) is -1.52. The summed E-state index contributed by atoms with van der Waals surface area (Å²) in [4.78, 5) is 39.4. The molecule has 0 saturated carbocycles. The third kappa shape index (κ3) is 4.23. The van der Waals surface area contributed by atoms with Crippen molar-refractivity contribution in [3.05, 3.63) is 66.2 Å². The number of carbonyl (C=O) groups excluding carboxylic acids is 3. The summed E-state index contributed by atoms with van der Waals surface area (Å²) in [6, 6.07) is 18.5. The Morgan fingerprint density at radius 1 is 0.840 bits per heavy atom. The van der Waals surface area contributed by atoms with Gasteiger partial charge in [-0.15, -0.1) is 0 Å². The number of hydrogen-bond acceptors (Lipinski definition) is 3. The van der Waals surface area contributed by atoms with E-state index in [0.717, 1.165) is 5.56 Å². The molecule has 6 heteroatoms. The van der Waals surface area contributed by atoms with Crippen molar-refractivity contribution >= 4 is 23.4 Å². The highest BCUT2D eigenvalue weighted by atomic mass is 16.2. The Morgan fingerprint density at radius 2 is 1.40 bits per heavy atom. The maximum absolute atomic E-state index is 12.3. The predicted molar refractivity (Wildman–Crippen MR) is 93.5 cm³/mol. The minimum atomic E-state index is -0.634. The second-order valence-corrected chi connectivity index (χ2v) is 5.85. The summed E-state index contributed by atoms with van der Waals surface area (Å²) in [7, 11) is 0. The maximum atomic E-state index is 12.3. The summed E-state index contributed by atoms with van der Waals surface area (Å²) in [6.07, 6.45) is 0. The molecule has 0 bridgehead atoms.